The van der Waals surface area contributed by atoms with E-state index in [4.69, 9.17) is 18.9 Å². The molecule has 0 saturated heterocycles. The topological polar surface area (TPSA) is 74.2 Å². The van der Waals surface area contributed by atoms with Crippen LogP contribution in [0.1, 0.15) is 15.9 Å². The summed E-state index contributed by atoms with van der Waals surface area (Å²) in [5.41, 5.74) is 1.03. The molecule has 0 heterocycles. The number of methoxy groups -OCH3 is 2. The molecule has 0 fully saturated rings. The first kappa shape index (κ1) is 18.5. The Morgan fingerprint density at radius 2 is 1.56 bits per heavy atom. The van der Waals surface area contributed by atoms with Crippen LogP contribution in [0.3, 0.4) is 0 Å². The van der Waals surface area contributed by atoms with E-state index in [1.54, 1.807) is 31.4 Å². The number of benzene rings is 2. The van der Waals surface area contributed by atoms with Gasteiger partial charge in [-0.25, -0.2) is 0 Å². The van der Waals surface area contributed by atoms with Crippen LogP contribution in [0, 0.1) is 0 Å². The molecule has 6 heteroatoms. The third-order valence-electron chi connectivity index (χ3n) is 3.23. The van der Waals surface area contributed by atoms with Crippen LogP contribution in [0.15, 0.2) is 48.5 Å². The van der Waals surface area contributed by atoms with Crippen LogP contribution in [0.5, 0.6) is 17.2 Å². The van der Waals surface area contributed by atoms with E-state index in [-0.39, 0.29) is 30.7 Å². The van der Waals surface area contributed by atoms with Gasteiger partial charge in [0, 0.05) is 20.3 Å². The Labute approximate surface area is 146 Å². The Morgan fingerprint density at radius 1 is 0.960 bits per heavy atom. The maximum atomic E-state index is 12.2. The molecule has 132 valence electrons. The number of carbonyl (C=O) groups is 1. The van der Waals surface area contributed by atoms with E-state index in [1.807, 2.05) is 12.1 Å². The standard InChI is InChI=1S/C19H20O6/c1-22-12-24-15-6-3-14(4-7-15)5-10-18(20)17-9-8-16(11-19(17)21)25-13-23-2/h3-11,21H,12-13H2,1-2H3/b10-5+. The van der Waals surface area contributed by atoms with Gasteiger partial charge in [0.05, 0.1) is 5.56 Å². The van der Waals surface area contributed by atoms with Gasteiger partial charge >= 0.3 is 0 Å². The van der Waals surface area contributed by atoms with Crippen LogP contribution >= 0.6 is 0 Å². The van der Waals surface area contributed by atoms with Crippen molar-refractivity contribution in [3.05, 3.63) is 59.7 Å². The van der Waals surface area contributed by atoms with Gasteiger partial charge in [0.1, 0.15) is 17.2 Å². The Kier molecular flexibility index (Phi) is 7.00. The monoisotopic (exact) mass is 344 g/mol. The van der Waals surface area contributed by atoms with E-state index in [2.05, 4.69) is 0 Å². The average Bonchev–Trinajstić information content (AvgIpc) is 2.63. The second-order valence-corrected chi connectivity index (χ2v) is 5.05. The lowest BCUT2D eigenvalue weighted by atomic mass is 10.1. The van der Waals surface area contributed by atoms with Crippen LogP contribution < -0.4 is 9.47 Å². The van der Waals surface area contributed by atoms with Crippen LogP contribution in [0.25, 0.3) is 6.08 Å². The molecule has 25 heavy (non-hydrogen) atoms. The number of hydrogen-bond acceptors (Lipinski definition) is 6. The minimum Gasteiger partial charge on any atom is -0.507 e. The Morgan fingerprint density at radius 3 is 2.16 bits per heavy atom. The third kappa shape index (κ3) is 5.63. The van der Waals surface area contributed by atoms with Crippen LogP contribution in [0.2, 0.25) is 0 Å². The zero-order chi connectivity index (χ0) is 18.1. The molecule has 0 aliphatic carbocycles. The number of ketones is 1. The van der Waals surface area contributed by atoms with E-state index in [0.29, 0.717) is 11.5 Å². The highest BCUT2D eigenvalue weighted by Crippen LogP contribution is 2.24. The summed E-state index contributed by atoms with van der Waals surface area (Å²) in [6, 6.07) is 11.7. The number of phenolic OH excluding ortho intramolecular Hbond substituents is 1. The SMILES string of the molecule is COCOc1ccc(/C=C/C(=O)c2ccc(OCOC)cc2O)cc1. The summed E-state index contributed by atoms with van der Waals surface area (Å²) < 4.78 is 20.1. The first-order valence-electron chi connectivity index (χ1n) is 7.53. The number of rotatable bonds is 9. The highest BCUT2D eigenvalue weighted by molar-refractivity contribution is 6.08. The molecule has 0 amide bonds. The third-order valence-corrected chi connectivity index (χ3v) is 3.23. The largest absolute Gasteiger partial charge is 0.507 e. The summed E-state index contributed by atoms with van der Waals surface area (Å²) in [5, 5.41) is 9.97. The van der Waals surface area contributed by atoms with Crippen molar-refractivity contribution < 1.29 is 28.8 Å². The van der Waals surface area contributed by atoms with Gasteiger partial charge in [-0.2, -0.15) is 0 Å². The van der Waals surface area contributed by atoms with Crippen molar-refractivity contribution in [2.45, 2.75) is 0 Å². The van der Waals surface area contributed by atoms with Crippen LogP contribution in [-0.2, 0) is 9.47 Å². The quantitative estimate of drug-likeness (QED) is 0.428. The molecule has 0 radical (unpaired) electrons. The second-order valence-electron chi connectivity index (χ2n) is 5.05. The van der Waals surface area contributed by atoms with Gasteiger partial charge in [-0.1, -0.05) is 18.2 Å². The first-order chi connectivity index (χ1) is 12.1. The van der Waals surface area contributed by atoms with Gasteiger partial charge in [-0.05, 0) is 35.9 Å². The van der Waals surface area contributed by atoms with E-state index in [0.717, 1.165) is 5.56 Å². The van der Waals surface area contributed by atoms with Crippen molar-refractivity contribution >= 4 is 11.9 Å². The summed E-state index contributed by atoms with van der Waals surface area (Å²) in [4.78, 5) is 12.2. The summed E-state index contributed by atoms with van der Waals surface area (Å²) in [6.07, 6.45) is 3.06. The molecule has 0 saturated carbocycles. The molecule has 0 unspecified atom stereocenters. The Bertz CT molecular complexity index is 721. The summed E-state index contributed by atoms with van der Waals surface area (Å²) in [7, 11) is 3.05. The summed E-state index contributed by atoms with van der Waals surface area (Å²) in [5.74, 6) is 0.642. The van der Waals surface area contributed by atoms with E-state index in [9.17, 15) is 9.90 Å². The van der Waals surface area contributed by atoms with Crippen molar-refractivity contribution in [3.8, 4) is 17.2 Å². The highest BCUT2D eigenvalue weighted by Gasteiger charge is 2.09. The molecule has 0 aliphatic heterocycles. The maximum absolute atomic E-state index is 12.2. The number of ether oxygens (including phenoxy) is 4. The number of phenols is 1. The lowest BCUT2D eigenvalue weighted by Gasteiger charge is -2.07. The smallest absolute Gasteiger partial charge is 0.189 e. The van der Waals surface area contributed by atoms with Gasteiger partial charge in [-0.15, -0.1) is 0 Å². The number of aromatic hydroxyl groups is 1. The normalized spacial score (nSPS) is 10.8. The fourth-order valence-corrected chi connectivity index (χ4v) is 2.00. The summed E-state index contributed by atoms with van der Waals surface area (Å²) in [6.45, 7) is 0.244. The van der Waals surface area contributed by atoms with Crippen LogP contribution in [-0.4, -0.2) is 38.7 Å². The molecule has 0 spiro atoms. The average molecular weight is 344 g/mol. The molecule has 0 atom stereocenters. The maximum Gasteiger partial charge on any atom is 0.189 e. The first-order valence-corrected chi connectivity index (χ1v) is 7.53. The Hall–Kier alpha value is -2.83. The molecule has 2 rings (SSSR count). The molecular formula is C19H20O6. The Balaban J connectivity index is 2.02. The number of hydrogen-bond donors (Lipinski definition) is 1. The zero-order valence-corrected chi connectivity index (χ0v) is 14.1. The van der Waals surface area contributed by atoms with Gasteiger partial charge in [0.2, 0.25) is 0 Å². The fourth-order valence-electron chi connectivity index (χ4n) is 2.00. The van der Waals surface area contributed by atoms with Crippen molar-refractivity contribution in [1.82, 2.24) is 0 Å². The highest BCUT2D eigenvalue weighted by atomic mass is 16.7. The predicted octanol–water partition coefficient (Wildman–Crippen LogP) is 3.25. The van der Waals surface area contributed by atoms with E-state index < -0.39 is 0 Å². The molecule has 2 aromatic rings. The zero-order valence-electron chi connectivity index (χ0n) is 14.1. The predicted molar refractivity (Wildman–Crippen MR) is 92.9 cm³/mol. The second kappa shape index (κ2) is 9.46. The fraction of sp³-hybridized carbons (Fsp3) is 0.211. The van der Waals surface area contributed by atoms with E-state index >= 15 is 0 Å². The van der Waals surface area contributed by atoms with Crippen molar-refractivity contribution in [2.75, 3.05) is 27.8 Å². The minimum atomic E-state index is -0.310. The summed E-state index contributed by atoms with van der Waals surface area (Å²) >= 11 is 0. The molecular weight excluding hydrogens is 324 g/mol. The van der Waals surface area contributed by atoms with Crippen molar-refractivity contribution in [2.24, 2.45) is 0 Å². The molecule has 0 aromatic heterocycles. The van der Waals surface area contributed by atoms with E-state index in [1.165, 1.54) is 25.3 Å². The molecule has 0 aliphatic rings. The van der Waals surface area contributed by atoms with Gasteiger partial charge in [0.15, 0.2) is 19.4 Å². The lowest BCUT2D eigenvalue weighted by molar-refractivity contribution is 0.0508. The van der Waals surface area contributed by atoms with Crippen molar-refractivity contribution in [3.63, 3.8) is 0 Å². The van der Waals surface area contributed by atoms with Gasteiger partial charge in [0.25, 0.3) is 0 Å². The van der Waals surface area contributed by atoms with Gasteiger partial charge in [-0.3, -0.25) is 4.79 Å². The van der Waals surface area contributed by atoms with Crippen molar-refractivity contribution in [1.29, 1.82) is 0 Å². The molecule has 2 aromatic carbocycles. The number of allylic oxidation sites excluding steroid dienone is 1. The molecule has 0 bridgehead atoms. The number of carbonyl (C=O) groups excluding carboxylic acids is 1. The molecule has 6 nitrogen and oxygen atoms in total. The minimum absolute atomic E-state index is 0.0662. The van der Waals surface area contributed by atoms with Crippen LogP contribution in [0.4, 0.5) is 0 Å². The lowest BCUT2D eigenvalue weighted by Crippen LogP contribution is -2.00. The molecule has 1 N–H and O–H groups in total. The van der Waals surface area contributed by atoms with Gasteiger partial charge < -0.3 is 24.1 Å².